The van der Waals surface area contributed by atoms with Crippen LogP contribution in [-0.4, -0.2) is 31.7 Å². The van der Waals surface area contributed by atoms with Crippen LogP contribution in [0.15, 0.2) is 45.9 Å². The van der Waals surface area contributed by atoms with Gasteiger partial charge in [0.1, 0.15) is 10.7 Å². The fourth-order valence-corrected chi connectivity index (χ4v) is 5.18. The number of halogens is 2. The summed E-state index contributed by atoms with van der Waals surface area (Å²) >= 11 is 12.0. The largest absolute Gasteiger partial charge is 0.467 e. The predicted octanol–water partition coefficient (Wildman–Crippen LogP) is 3.30. The minimum Gasteiger partial charge on any atom is -0.467 e. The monoisotopic (exact) mass is 416 g/mol. The summed E-state index contributed by atoms with van der Waals surface area (Å²) in [5, 5.41) is 3.19. The lowest BCUT2D eigenvalue weighted by molar-refractivity contribution is -0.126. The molecule has 1 N–H and O–H groups in total. The third kappa shape index (κ3) is 4.23. The summed E-state index contributed by atoms with van der Waals surface area (Å²) in [4.78, 5) is 12.4. The first kappa shape index (κ1) is 19.2. The molecule has 140 valence electrons. The maximum absolute atomic E-state index is 12.9. The maximum Gasteiger partial charge on any atom is 0.244 e. The lowest BCUT2D eigenvalue weighted by atomic mass is 9.99. The van der Waals surface area contributed by atoms with Crippen LogP contribution in [0.2, 0.25) is 10.0 Å². The fraction of sp³-hybridized carbons (Fsp3) is 0.353. The molecule has 1 fully saturated rings. The second-order valence-corrected chi connectivity index (χ2v) is 8.82. The third-order valence-electron chi connectivity index (χ3n) is 4.28. The Morgan fingerprint density at radius 1 is 1.31 bits per heavy atom. The van der Waals surface area contributed by atoms with Gasteiger partial charge in [-0.15, -0.1) is 0 Å². The van der Waals surface area contributed by atoms with Gasteiger partial charge in [-0.05, 0) is 43.2 Å². The van der Waals surface area contributed by atoms with Crippen LogP contribution in [0.3, 0.4) is 0 Å². The summed E-state index contributed by atoms with van der Waals surface area (Å²) < 4.78 is 32.3. The van der Waals surface area contributed by atoms with Crippen molar-refractivity contribution in [2.75, 3.05) is 13.1 Å². The molecule has 2 heterocycles. The molecular formula is C17H18Cl2N2O4S. The molecular weight excluding hydrogens is 399 g/mol. The van der Waals surface area contributed by atoms with Gasteiger partial charge >= 0.3 is 0 Å². The van der Waals surface area contributed by atoms with Crippen molar-refractivity contribution in [2.45, 2.75) is 24.3 Å². The van der Waals surface area contributed by atoms with E-state index in [4.69, 9.17) is 27.6 Å². The van der Waals surface area contributed by atoms with E-state index in [-0.39, 0.29) is 33.9 Å². The Morgan fingerprint density at radius 2 is 2.12 bits per heavy atom. The van der Waals surface area contributed by atoms with Crippen molar-refractivity contribution in [1.82, 2.24) is 9.62 Å². The van der Waals surface area contributed by atoms with Crippen LogP contribution in [0.25, 0.3) is 0 Å². The first-order valence-electron chi connectivity index (χ1n) is 8.13. The SMILES string of the molecule is O=C(NCc1ccco1)[C@H]1CCCN(S(=O)(=O)c2cc(Cl)ccc2Cl)C1. The van der Waals surface area contributed by atoms with Crippen molar-refractivity contribution in [3.63, 3.8) is 0 Å². The van der Waals surface area contributed by atoms with Gasteiger partial charge < -0.3 is 9.73 Å². The molecule has 1 atom stereocenters. The van der Waals surface area contributed by atoms with E-state index in [1.165, 1.54) is 28.8 Å². The molecule has 3 rings (SSSR count). The molecule has 0 aliphatic carbocycles. The van der Waals surface area contributed by atoms with Crippen molar-refractivity contribution in [3.8, 4) is 0 Å². The van der Waals surface area contributed by atoms with E-state index in [1.807, 2.05) is 0 Å². The van der Waals surface area contributed by atoms with Crippen LogP contribution >= 0.6 is 23.2 Å². The number of carbonyl (C=O) groups excluding carboxylic acids is 1. The Kier molecular flexibility index (Phi) is 5.92. The lowest BCUT2D eigenvalue weighted by Crippen LogP contribution is -2.45. The van der Waals surface area contributed by atoms with E-state index in [9.17, 15) is 13.2 Å². The van der Waals surface area contributed by atoms with E-state index < -0.39 is 15.9 Å². The Morgan fingerprint density at radius 3 is 2.85 bits per heavy atom. The quantitative estimate of drug-likeness (QED) is 0.810. The summed E-state index contributed by atoms with van der Waals surface area (Å²) in [6.07, 6.45) is 2.75. The second kappa shape index (κ2) is 8.00. The maximum atomic E-state index is 12.9. The second-order valence-electron chi connectivity index (χ2n) is 6.07. The number of rotatable bonds is 5. The van der Waals surface area contributed by atoms with Gasteiger partial charge in [0.25, 0.3) is 0 Å². The Hall–Kier alpha value is -1.54. The van der Waals surface area contributed by atoms with Crippen molar-refractivity contribution >= 4 is 39.1 Å². The minimum absolute atomic E-state index is 0.0386. The number of hydrogen-bond acceptors (Lipinski definition) is 4. The van der Waals surface area contributed by atoms with Crippen molar-refractivity contribution in [2.24, 2.45) is 5.92 Å². The Labute approximate surface area is 162 Å². The van der Waals surface area contributed by atoms with Crippen LogP contribution in [0.5, 0.6) is 0 Å². The predicted molar refractivity (Wildman–Crippen MR) is 98.5 cm³/mol. The zero-order valence-corrected chi connectivity index (χ0v) is 16.1. The molecule has 9 heteroatoms. The van der Waals surface area contributed by atoms with E-state index in [1.54, 1.807) is 12.1 Å². The van der Waals surface area contributed by atoms with Crippen LogP contribution in [0, 0.1) is 5.92 Å². The summed E-state index contributed by atoms with van der Waals surface area (Å²) in [6.45, 7) is 0.720. The number of nitrogens with one attached hydrogen (secondary N) is 1. The molecule has 0 bridgehead atoms. The number of sulfonamides is 1. The number of carbonyl (C=O) groups is 1. The van der Waals surface area contributed by atoms with Crippen LogP contribution in [0.4, 0.5) is 0 Å². The van der Waals surface area contributed by atoms with Crippen molar-refractivity contribution < 1.29 is 17.6 Å². The molecule has 2 aromatic rings. The van der Waals surface area contributed by atoms with Gasteiger partial charge in [0, 0.05) is 18.1 Å². The molecule has 1 aliphatic rings. The van der Waals surface area contributed by atoms with E-state index in [0.717, 1.165) is 0 Å². The first-order chi connectivity index (χ1) is 12.4. The molecule has 0 saturated carbocycles. The Balaban J connectivity index is 1.71. The van der Waals surface area contributed by atoms with Gasteiger partial charge in [0.2, 0.25) is 15.9 Å². The van der Waals surface area contributed by atoms with E-state index in [2.05, 4.69) is 5.32 Å². The standard InChI is InChI=1S/C17H18Cl2N2O4S/c18-13-5-6-15(19)16(9-13)26(23,24)21-7-1-3-12(11-21)17(22)20-10-14-4-2-8-25-14/h2,4-6,8-9,12H,1,3,7,10-11H2,(H,20,22)/t12-/m0/s1. The summed E-state index contributed by atoms with van der Waals surface area (Å²) in [7, 11) is -3.82. The first-order valence-corrected chi connectivity index (χ1v) is 10.3. The number of hydrogen-bond donors (Lipinski definition) is 1. The lowest BCUT2D eigenvalue weighted by Gasteiger charge is -2.31. The third-order valence-corrected chi connectivity index (χ3v) is 6.86. The molecule has 6 nitrogen and oxygen atoms in total. The van der Waals surface area contributed by atoms with Crippen LogP contribution in [0.1, 0.15) is 18.6 Å². The van der Waals surface area contributed by atoms with Gasteiger partial charge in [-0.3, -0.25) is 4.79 Å². The van der Waals surface area contributed by atoms with Crippen LogP contribution < -0.4 is 5.32 Å². The van der Waals surface area contributed by atoms with Gasteiger partial charge in [0.05, 0.1) is 23.7 Å². The smallest absolute Gasteiger partial charge is 0.244 e. The highest BCUT2D eigenvalue weighted by Crippen LogP contribution is 2.30. The summed E-state index contributed by atoms with van der Waals surface area (Å²) in [5.41, 5.74) is 0. The molecule has 1 aromatic heterocycles. The van der Waals surface area contributed by atoms with Gasteiger partial charge in [0.15, 0.2) is 0 Å². The zero-order chi connectivity index (χ0) is 18.7. The highest BCUT2D eigenvalue weighted by molar-refractivity contribution is 7.89. The topological polar surface area (TPSA) is 79.6 Å². The van der Waals surface area contributed by atoms with E-state index in [0.29, 0.717) is 25.1 Å². The summed E-state index contributed by atoms with van der Waals surface area (Å²) in [6, 6.07) is 7.82. The Bertz CT molecular complexity index is 884. The number of piperidine rings is 1. The van der Waals surface area contributed by atoms with Crippen molar-refractivity contribution in [3.05, 3.63) is 52.4 Å². The molecule has 0 spiro atoms. The molecule has 1 saturated heterocycles. The molecule has 26 heavy (non-hydrogen) atoms. The fourth-order valence-electron chi connectivity index (χ4n) is 2.92. The molecule has 1 aromatic carbocycles. The van der Waals surface area contributed by atoms with Gasteiger partial charge in [-0.25, -0.2) is 8.42 Å². The van der Waals surface area contributed by atoms with E-state index >= 15 is 0 Å². The average Bonchev–Trinajstić information content (AvgIpc) is 3.15. The highest BCUT2D eigenvalue weighted by atomic mass is 35.5. The number of furan rings is 1. The number of nitrogens with zero attached hydrogens (tertiary/aromatic N) is 1. The van der Waals surface area contributed by atoms with Gasteiger partial charge in [-0.1, -0.05) is 23.2 Å². The minimum atomic E-state index is -3.82. The summed E-state index contributed by atoms with van der Waals surface area (Å²) in [5.74, 6) is 0.0225. The number of benzene rings is 1. The molecule has 0 radical (unpaired) electrons. The normalized spacial score (nSPS) is 18.6. The van der Waals surface area contributed by atoms with Crippen molar-refractivity contribution in [1.29, 1.82) is 0 Å². The van der Waals surface area contributed by atoms with Gasteiger partial charge in [-0.2, -0.15) is 4.31 Å². The number of amides is 1. The molecule has 1 amide bonds. The molecule has 1 aliphatic heterocycles. The highest BCUT2D eigenvalue weighted by Gasteiger charge is 2.34. The zero-order valence-electron chi connectivity index (χ0n) is 13.8. The average molecular weight is 417 g/mol. The molecule has 0 unspecified atom stereocenters. The van der Waals surface area contributed by atoms with Crippen LogP contribution in [-0.2, 0) is 21.4 Å².